The maximum atomic E-state index is 13.6. The Balaban J connectivity index is 3.07. The number of benzene rings is 1. The number of hydrazine groups is 1. The molecule has 0 saturated carbocycles. The van der Waals surface area contributed by atoms with Gasteiger partial charge < -0.3 is 0 Å². The van der Waals surface area contributed by atoms with Crippen molar-refractivity contribution in [3.63, 3.8) is 0 Å². The summed E-state index contributed by atoms with van der Waals surface area (Å²) in [6, 6.07) is 2.48. The molecular formula is C12H18F2N2O2S. The lowest BCUT2D eigenvalue weighted by atomic mass is 9.96. The van der Waals surface area contributed by atoms with Gasteiger partial charge in [-0.05, 0) is 31.9 Å². The quantitative estimate of drug-likeness (QED) is 0.631. The first-order valence-electron chi connectivity index (χ1n) is 5.69. The van der Waals surface area contributed by atoms with Gasteiger partial charge in [0.1, 0.15) is 11.6 Å². The van der Waals surface area contributed by atoms with Crippen LogP contribution in [0.25, 0.3) is 0 Å². The van der Waals surface area contributed by atoms with Gasteiger partial charge in [0.25, 0.3) is 0 Å². The standard InChI is InChI=1S/C12H18F2N2O2S/c1-12(2,19(3,17)18)11(16-15)6-8-4-5-9(13)7-10(8)14/h4-5,7,11,16H,6,15H2,1-3H3. The summed E-state index contributed by atoms with van der Waals surface area (Å²) < 4.78 is 48.7. The third-order valence-corrected chi connectivity index (χ3v) is 5.63. The zero-order chi connectivity index (χ0) is 14.8. The van der Waals surface area contributed by atoms with E-state index >= 15 is 0 Å². The van der Waals surface area contributed by atoms with Crippen LogP contribution in [-0.2, 0) is 16.3 Å². The number of rotatable bonds is 5. The van der Waals surface area contributed by atoms with E-state index in [2.05, 4.69) is 5.43 Å². The lowest BCUT2D eigenvalue weighted by Crippen LogP contribution is -2.55. The highest BCUT2D eigenvalue weighted by atomic mass is 32.2. The molecule has 0 amide bonds. The van der Waals surface area contributed by atoms with Crippen LogP contribution in [0.1, 0.15) is 19.4 Å². The van der Waals surface area contributed by atoms with E-state index in [0.717, 1.165) is 18.4 Å². The van der Waals surface area contributed by atoms with Gasteiger partial charge in [-0.3, -0.25) is 11.3 Å². The van der Waals surface area contributed by atoms with Gasteiger partial charge in [-0.15, -0.1) is 0 Å². The summed E-state index contributed by atoms with van der Waals surface area (Å²) in [7, 11) is -3.39. The van der Waals surface area contributed by atoms with E-state index < -0.39 is 32.3 Å². The Kier molecular flexibility index (Phi) is 4.65. The second kappa shape index (κ2) is 5.52. The molecule has 1 unspecified atom stereocenters. The van der Waals surface area contributed by atoms with Gasteiger partial charge in [-0.25, -0.2) is 17.2 Å². The van der Waals surface area contributed by atoms with Crippen molar-refractivity contribution in [1.82, 2.24) is 5.43 Å². The minimum absolute atomic E-state index is 0.0443. The van der Waals surface area contributed by atoms with Gasteiger partial charge in [0.05, 0.1) is 4.75 Å². The van der Waals surface area contributed by atoms with Gasteiger partial charge in [-0.1, -0.05) is 6.07 Å². The Morgan fingerprint density at radius 2 is 1.95 bits per heavy atom. The second-order valence-electron chi connectivity index (χ2n) is 5.03. The summed E-state index contributed by atoms with van der Waals surface area (Å²) in [5, 5.41) is 0. The first kappa shape index (κ1) is 16.0. The summed E-state index contributed by atoms with van der Waals surface area (Å²) in [5.41, 5.74) is 2.61. The van der Waals surface area contributed by atoms with Crippen molar-refractivity contribution in [2.75, 3.05) is 6.26 Å². The van der Waals surface area contributed by atoms with Crippen molar-refractivity contribution in [2.24, 2.45) is 5.84 Å². The normalized spacial score (nSPS) is 14.4. The van der Waals surface area contributed by atoms with Crippen LogP contribution in [0.3, 0.4) is 0 Å². The summed E-state index contributed by atoms with van der Waals surface area (Å²) in [6.45, 7) is 3.02. The van der Waals surface area contributed by atoms with Crippen LogP contribution >= 0.6 is 0 Å². The van der Waals surface area contributed by atoms with Gasteiger partial charge in [0.15, 0.2) is 9.84 Å². The Labute approximate surface area is 111 Å². The van der Waals surface area contributed by atoms with Crippen molar-refractivity contribution < 1.29 is 17.2 Å². The van der Waals surface area contributed by atoms with Crippen LogP contribution in [0, 0.1) is 11.6 Å². The zero-order valence-electron chi connectivity index (χ0n) is 11.1. The fraction of sp³-hybridized carbons (Fsp3) is 0.500. The Bertz CT molecular complexity index is 559. The number of nitrogens with one attached hydrogen (secondary N) is 1. The van der Waals surface area contributed by atoms with E-state index in [4.69, 9.17) is 5.84 Å². The molecule has 1 rings (SSSR count). The molecule has 3 N–H and O–H groups in total. The van der Waals surface area contributed by atoms with E-state index in [1.165, 1.54) is 19.9 Å². The fourth-order valence-corrected chi connectivity index (χ4v) is 2.34. The number of hydrogen-bond acceptors (Lipinski definition) is 4. The van der Waals surface area contributed by atoms with Crippen molar-refractivity contribution in [2.45, 2.75) is 31.1 Å². The molecular weight excluding hydrogens is 274 g/mol. The molecule has 0 saturated heterocycles. The van der Waals surface area contributed by atoms with Crippen LogP contribution in [0.15, 0.2) is 18.2 Å². The van der Waals surface area contributed by atoms with Crippen molar-refractivity contribution >= 4 is 9.84 Å². The molecule has 19 heavy (non-hydrogen) atoms. The molecule has 7 heteroatoms. The molecule has 0 spiro atoms. The van der Waals surface area contributed by atoms with E-state index in [1.54, 1.807) is 0 Å². The maximum absolute atomic E-state index is 13.6. The van der Waals surface area contributed by atoms with Gasteiger partial charge in [0, 0.05) is 18.4 Å². The smallest absolute Gasteiger partial charge is 0.154 e. The predicted octanol–water partition coefficient (Wildman–Crippen LogP) is 1.16. The van der Waals surface area contributed by atoms with Crippen LogP contribution in [0.2, 0.25) is 0 Å². The Hall–Kier alpha value is -1.05. The maximum Gasteiger partial charge on any atom is 0.154 e. The highest BCUT2D eigenvalue weighted by Crippen LogP contribution is 2.23. The number of sulfone groups is 1. The van der Waals surface area contributed by atoms with Crippen molar-refractivity contribution in [3.8, 4) is 0 Å². The minimum atomic E-state index is -3.39. The summed E-state index contributed by atoms with van der Waals surface area (Å²) in [6.07, 6.45) is 1.14. The zero-order valence-corrected chi connectivity index (χ0v) is 11.9. The highest BCUT2D eigenvalue weighted by Gasteiger charge is 2.38. The molecule has 0 radical (unpaired) electrons. The summed E-state index contributed by atoms with van der Waals surface area (Å²) in [4.78, 5) is 0. The SMILES string of the molecule is CC(C)(C(Cc1ccc(F)cc1F)NN)S(C)(=O)=O. The molecule has 1 aromatic carbocycles. The molecule has 0 fully saturated rings. The fourth-order valence-electron chi connectivity index (χ4n) is 1.67. The lowest BCUT2D eigenvalue weighted by Gasteiger charge is -2.32. The number of halogens is 2. The van der Waals surface area contributed by atoms with Crippen molar-refractivity contribution in [1.29, 1.82) is 0 Å². The Morgan fingerprint density at radius 3 is 2.37 bits per heavy atom. The molecule has 108 valence electrons. The van der Waals surface area contributed by atoms with E-state index in [-0.39, 0.29) is 12.0 Å². The molecule has 0 aliphatic heterocycles. The molecule has 0 heterocycles. The van der Waals surface area contributed by atoms with E-state index in [9.17, 15) is 17.2 Å². The topological polar surface area (TPSA) is 72.2 Å². The monoisotopic (exact) mass is 292 g/mol. The summed E-state index contributed by atoms with van der Waals surface area (Å²) >= 11 is 0. The van der Waals surface area contributed by atoms with E-state index in [0.29, 0.717) is 0 Å². The molecule has 1 atom stereocenters. The van der Waals surface area contributed by atoms with Crippen LogP contribution in [-0.4, -0.2) is 25.5 Å². The molecule has 4 nitrogen and oxygen atoms in total. The average Bonchev–Trinajstić information content (AvgIpc) is 2.26. The van der Waals surface area contributed by atoms with Gasteiger partial charge >= 0.3 is 0 Å². The van der Waals surface area contributed by atoms with Gasteiger partial charge in [-0.2, -0.15) is 0 Å². The Morgan fingerprint density at radius 1 is 1.37 bits per heavy atom. The highest BCUT2D eigenvalue weighted by molar-refractivity contribution is 7.92. The molecule has 0 bridgehead atoms. The molecule has 0 aliphatic rings. The molecule has 0 aromatic heterocycles. The van der Waals surface area contributed by atoms with Gasteiger partial charge in [0.2, 0.25) is 0 Å². The average molecular weight is 292 g/mol. The third kappa shape index (κ3) is 3.49. The summed E-state index contributed by atoms with van der Waals surface area (Å²) in [5.74, 6) is 3.97. The number of hydrogen-bond donors (Lipinski definition) is 2. The predicted molar refractivity (Wildman–Crippen MR) is 70.1 cm³/mol. The lowest BCUT2D eigenvalue weighted by molar-refractivity contribution is 0.407. The third-order valence-electron chi connectivity index (χ3n) is 3.44. The largest absolute Gasteiger partial charge is 0.271 e. The molecule has 0 aliphatic carbocycles. The first-order valence-corrected chi connectivity index (χ1v) is 7.58. The van der Waals surface area contributed by atoms with Crippen LogP contribution in [0.5, 0.6) is 0 Å². The first-order chi connectivity index (χ1) is 8.59. The van der Waals surface area contributed by atoms with Crippen LogP contribution < -0.4 is 11.3 Å². The number of nitrogens with two attached hydrogens (primary N) is 1. The minimum Gasteiger partial charge on any atom is -0.271 e. The molecule has 1 aromatic rings. The van der Waals surface area contributed by atoms with Crippen molar-refractivity contribution in [3.05, 3.63) is 35.4 Å². The van der Waals surface area contributed by atoms with Crippen LogP contribution in [0.4, 0.5) is 8.78 Å². The second-order valence-corrected chi connectivity index (χ2v) is 7.63. The van der Waals surface area contributed by atoms with E-state index in [1.807, 2.05) is 0 Å².